The maximum Gasteiger partial charge on any atom is 0.244 e. The van der Waals surface area contributed by atoms with Gasteiger partial charge in [0.15, 0.2) is 0 Å². The van der Waals surface area contributed by atoms with E-state index in [0.717, 1.165) is 44.0 Å². The molecule has 0 bridgehead atoms. The molecule has 1 saturated carbocycles. The van der Waals surface area contributed by atoms with Crippen molar-refractivity contribution in [2.45, 2.75) is 49.7 Å². The number of nitrogens with zero attached hydrogens (tertiary/aromatic N) is 1. The van der Waals surface area contributed by atoms with Gasteiger partial charge in [-0.2, -0.15) is 0 Å². The van der Waals surface area contributed by atoms with Crippen molar-refractivity contribution < 1.29 is 9.53 Å². The number of ether oxygens (including phenoxy) is 1. The Labute approximate surface area is 178 Å². The van der Waals surface area contributed by atoms with Gasteiger partial charge >= 0.3 is 0 Å². The van der Waals surface area contributed by atoms with Gasteiger partial charge in [0.2, 0.25) is 5.91 Å². The normalized spacial score (nSPS) is 23.2. The standard InChI is InChI=1S/C25H31N3O2/c1-30-22-10-2-18(3-11-22)12-17-28-23(21-8-6-20(7-9-21)19-4-5-19)27-25(24(28)29)13-15-26-16-14-25/h2-3,6-11,19,23,26-27H,4-5,12-17H2,1H3. The molecular formula is C25H31N3O2. The van der Waals surface area contributed by atoms with E-state index in [-0.39, 0.29) is 12.1 Å². The average molecular weight is 406 g/mol. The number of amides is 1. The lowest BCUT2D eigenvalue weighted by atomic mass is 9.88. The van der Waals surface area contributed by atoms with Crippen LogP contribution in [0.25, 0.3) is 0 Å². The molecule has 3 fully saturated rings. The van der Waals surface area contributed by atoms with Crippen molar-refractivity contribution in [3.8, 4) is 5.75 Å². The van der Waals surface area contributed by atoms with E-state index < -0.39 is 5.54 Å². The van der Waals surface area contributed by atoms with E-state index in [9.17, 15) is 4.79 Å². The highest BCUT2D eigenvalue weighted by Gasteiger charge is 2.51. The Balaban J connectivity index is 1.37. The Bertz CT molecular complexity index is 884. The van der Waals surface area contributed by atoms with E-state index in [2.05, 4.69) is 51.9 Å². The van der Waals surface area contributed by atoms with Crippen LogP contribution in [0.1, 0.15) is 54.5 Å². The van der Waals surface area contributed by atoms with Gasteiger partial charge in [-0.1, -0.05) is 36.4 Å². The Morgan fingerprint density at radius 2 is 1.67 bits per heavy atom. The van der Waals surface area contributed by atoms with Gasteiger partial charge < -0.3 is 15.0 Å². The predicted molar refractivity (Wildman–Crippen MR) is 118 cm³/mol. The van der Waals surface area contributed by atoms with Gasteiger partial charge in [-0.3, -0.25) is 10.1 Å². The quantitative estimate of drug-likeness (QED) is 0.774. The van der Waals surface area contributed by atoms with Crippen LogP contribution in [0, 0.1) is 0 Å². The van der Waals surface area contributed by atoms with E-state index in [1.54, 1.807) is 7.11 Å². The lowest BCUT2D eigenvalue weighted by Crippen LogP contribution is -2.53. The molecule has 3 aliphatic rings. The van der Waals surface area contributed by atoms with Crippen molar-refractivity contribution in [3.63, 3.8) is 0 Å². The molecule has 1 atom stereocenters. The predicted octanol–water partition coefficient (Wildman–Crippen LogP) is 3.37. The molecule has 2 aromatic rings. The van der Waals surface area contributed by atoms with Crippen molar-refractivity contribution in [3.05, 3.63) is 65.2 Å². The number of carbonyl (C=O) groups is 1. The minimum absolute atomic E-state index is 0.0536. The van der Waals surface area contributed by atoms with Crippen molar-refractivity contribution in [2.24, 2.45) is 0 Å². The van der Waals surface area contributed by atoms with Crippen LogP contribution < -0.4 is 15.4 Å². The maximum atomic E-state index is 13.6. The molecule has 2 saturated heterocycles. The second kappa shape index (κ2) is 8.05. The first-order valence-electron chi connectivity index (χ1n) is 11.2. The molecule has 1 unspecified atom stereocenters. The first-order valence-corrected chi connectivity index (χ1v) is 11.2. The largest absolute Gasteiger partial charge is 0.497 e. The van der Waals surface area contributed by atoms with E-state index in [0.29, 0.717) is 6.54 Å². The van der Waals surface area contributed by atoms with Gasteiger partial charge in [0.05, 0.1) is 7.11 Å². The molecule has 1 spiro atoms. The fourth-order valence-electron chi connectivity index (χ4n) is 4.91. The third-order valence-corrected chi connectivity index (χ3v) is 6.95. The van der Waals surface area contributed by atoms with Gasteiger partial charge in [-0.05, 0) is 79.9 Å². The summed E-state index contributed by atoms with van der Waals surface area (Å²) in [5.74, 6) is 1.87. The van der Waals surface area contributed by atoms with E-state index in [1.165, 1.54) is 29.5 Å². The number of benzene rings is 2. The van der Waals surface area contributed by atoms with Crippen LogP contribution in [0.3, 0.4) is 0 Å². The third-order valence-electron chi connectivity index (χ3n) is 6.95. The summed E-state index contributed by atoms with van der Waals surface area (Å²) in [6, 6.07) is 17.1. The molecule has 2 aliphatic heterocycles. The molecule has 5 nitrogen and oxygen atoms in total. The Morgan fingerprint density at radius 3 is 2.30 bits per heavy atom. The van der Waals surface area contributed by atoms with Crippen LogP contribution in [0.15, 0.2) is 48.5 Å². The maximum absolute atomic E-state index is 13.6. The second-order valence-electron chi connectivity index (χ2n) is 8.92. The van der Waals surface area contributed by atoms with Crippen LogP contribution in [0.4, 0.5) is 0 Å². The van der Waals surface area contributed by atoms with Crippen molar-refractivity contribution in [2.75, 3.05) is 26.7 Å². The summed E-state index contributed by atoms with van der Waals surface area (Å²) in [6.45, 7) is 2.49. The summed E-state index contributed by atoms with van der Waals surface area (Å²) in [6.07, 6.45) is 5.10. The van der Waals surface area contributed by atoms with Crippen molar-refractivity contribution >= 4 is 5.91 Å². The van der Waals surface area contributed by atoms with Crippen molar-refractivity contribution in [1.29, 1.82) is 0 Å². The highest BCUT2D eigenvalue weighted by atomic mass is 16.5. The minimum Gasteiger partial charge on any atom is -0.497 e. The zero-order valence-corrected chi connectivity index (χ0v) is 17.7. The fourth-order valence-corrected chi connectivity index (χ4v) is 4.91. The molecule has 2 aromatic carbocycles. The van der Waals surface area contributed by atoms with Gasteiger partial charge in [0.1, 0.15) is 17.5 Å². The summed E-state index contributed by atoms with van der Waals surface area (Å²) in [7, 11) is 1.68. The topological polar surface area (TPSA) is 53.6 Å². The number of hydrogen-bond acceptors (Lipinski definition) is 4. The van der Waals surface area contributed by atoms with Crippen LogP contribution in [-0.2, 0) is 11.2 Å². The molecule has 5 heteroatoms. The van der Waals surface area contributed by atoms with Crippen molar-refractivity contribution in [1.82, 2.24) is 15.5 Å². The minimum atomic E-state index is -0.426. The Kier molecular flexibility index (Phi) is 5.25. The van der Waals surface area contributed by atoms with E-state index in [4.69, 9.17) is 4.74 Å². The number of piperidine rings is 1. The first kappa shape index (κ1) is 19.6. The smallest absolute Gasteiger partial charge is 0.244 e. The summed E-state index contributed by atoms with van der Waals surface area (Å²) in [5.41, 5.74) is 3.42. The molecular weight excluding hydrogens is 374 g/mol. The number of hydrogen-bond donors (Lipinski definition) is 2. The van der Waals surface area contributed by atoms with Gasteiger partial charge in [-0.15, -0.1) is 0 Å². The molecule has 2 heterocycles. The molecule has 2 N–H and O–H groups in total. The Hall–Kier alpha value is -2.37. The molecule has 1 aliphatic carbocycles. The zero-order valence-electron chi connectivity index (χ0n) is 17.7. The summed E-state index contributed by atoms with van der Waals surface area (Å²) < 4.78 is 5.26. The van der Waals surface area contributed by atoms with Crippen LogP contribution in [0.2, 0.25) is 0 Å². The molecule has 1 amide bonds. The van der Waals surface area contributed by atoms with Gasteiger partial charge in [0.25, 0.3) is 0 Å². The molecule has 30 heavy (non-hydrogen) atoms. The van der Waals surface area contributed by atoms with Crippen LogP contribution in [-0.4, -0.2) is 43.1 Å². The second-order valence-corrected chi connectivity index (χ2v) is 8.92. The van der Waals surface area contributed by atoms with Gasteiger partial charge in [-0.25, -0.2) is 0 Å². The lowest BCUT2D eigenvalue weighted by molar-refractivity contribution is -0.134. The molecule has 0 radical (unpaired) electrons. The number of methoxy groups -OCH3 is 1. The van der Waals surface area contributed by atoms with Gasteiger partial charge in [0, 0.05) is 6.54 Å². The molecule has 0 aromatic heterocycles. The first-order chi connectivity index (χ1) is 14.7. The molecule has 158 valence electrons. The fraction of sp³-hybridized carbons (Fsp3) is 0.480. The summed E-state index contributed by atoms with van der Waals surface area (Å²) in [5, 5.41) is 7.16. The van der Waals surface area contributed by atoms with E-state index >= 15 is 0 Å². The van der Waals surface area contributed by atoms with Crippen LogP contribution >= 0.6 is 0 Å². The SMILES string of the molecule is COc1ccc(CCN2C(=O)C3(CCNCC3)NC2c2ccc(C3CC3)cc2)cc1. The number of carbonyl (C=O) groups excluding carboxylic acids is 1. The zero-order chi connectivity index (χ0) is 20.6. The molecule has 5 rings (SSSR count). The number of nitrogens with one attached hydrogen (secondary N) is 2. The highest BCUT2D eigenvalue weighted by molar-refractivity contribution is 5.89. The van der Waals surface area contributed by atoms with E-state index in [1.807, 2.05) is 12.1 Å². The lowest BCUT2D eigenvalue weighted by Gasteiger charge is -2.31. The van der Waals surface area contributed by atoms with Crippen LogP contribution in [0.5, 0.6) is 5.75 Å². The monoisotopic (exact) mass is 405 g/mol. The average Bonchev–Trinajstić information content (AvgIpc) is 3.61. The Morgan fingerprint density at radius 1 is 1.00 bits per heavy atom. The summed E-state index contributed by atoms with van der Waals surface area (Å²) >= 11 is 0. The third kappa shape index (κ3) is 3.72. The number of rotatable bonds is 6. The summed E-state index contributed by atoms with van der Waals surface area (Å²) in [4.78, 5) is 15.7. The highest BCUT2D eigenvalue weighted by Crippen LogP contribution is 2.41.